The second-order valence-electron chi connectivity index (χ2n) is 5.71. The summed E-state index contributed by atoms with van der Waals surface area (Å²) in [5, 5.41) is 2.77. The molecule has 0 saturated heterocycles. The van der Waals surface area contributed by atoms with Gasteiger partial charge in [0.25, 0.3) is 0 Å². The lowest BCUT2D eigenvalue weighted by Crippen LogP contribution is -2.10. The van der Waals surface area contributed by atoms with Gasteiger partial charge in [0.05, 0.1) is 11.5 Å². The summed E-state index contributed by atoms with van der Waals surface area (Å²) in [4.78, 5) is 3.78. The maximum Gasteiger partial charge on any atom is 0.436 e. The highest BCUT2D eigenvalue weighted by Gasteiger charge is 2.40. The zero-order valence-corrected chi connectivity index (χ0v) is 15.1. The van der Waals surface area contributed by atoms with Crippen LogP contribution in [0.25, 0.3) is 5.82 Å². The molecule has 0 bridgehead atoms. The lowest BCUT2D eigenvalue weighted by atomic mass is 10.2. The largest absolute Gasteiger partial charge is 0.476 e. The Morgan fingerprint density at radius 1 is 1.32 bits per heavy atom. The van der Waals surface area contributed by atoms with E-state index in [9.17, 15) is 21.6 Å². The Hall–Kier alpha value is -1.81. The quantitative estimate of drug-likeness (QED) is 0.773. The van der Waals surface area contributed by atoms with Gasteiger partial charge >= 0.3 is 6.18 Å². The van der Waals surface area contributed by atoms with E-state index in [2.05, 4.69) is 10.1 Å². The first kappa shape index (κ1) is 19.5. The van der Waals surface area contributed by atoms with Crippen molar-refractivity contribution >= 4 is 21.4 Å². The Balaban J connectivity index is 2.55. The van der Waals surface area contributed by atoms with Crippen molar-refractivity contribution in [2.45, 2.75) is 24.9 Å². The molecule has 138 valence electrons. The van der Waals surface area contributed by atoms with Gasteiger partial charge in [0.2, 0.25) is 5.88 Å². The van der Waals surface area contributed by atoms with Crippen molar-refractivity contribution in [3.63, 3.8) is 0 Å². The van der Waals surface area contributed by atoms with E-state index >= 15 is 0 Å². The molecule has 2 aromatic rings. The highest BCUT2D eigenvalue weighted by Crippen LogP contribution is 2.40. The Labute approximate surface area is 147 Å². The van der Waals surface area contributed by atoms with Crippen LogP contribution in [0.15, 0.2) is 23.2 Å². The first-order valence-electron chi connectivity index (χ1n) is 7.06. The summed E-state index contributed by atoms with van der Waals surface area (Å²) in [6, 6.07) is 2.44. The molecule has 0 unspecified atom stereocenters. The number of rotatable bonds is 5. The van der Waals surface area contributed by atoms with Gasteiger partial charge in [-0.1, -0.05) is 25.4 Å². The van der Waals surface area contributed by atoms with Crippen LogP contribution < -0.4 is 4.74 Å². The molecule has 2 aromatic heterocycles. The highest BCUT2D eigenvalue weighted by molar-refractivity contribution is 7.90. The van der Waals surface area contributed by atoms with E-state index in [4.69, 9.17) is 16.3 Å². The number of ether oxygens (including phenoxy) is 1. The first-order chi connectivity index (χ1) is 11.4. The number of sulfone groups is 1. The molecule has 0 aromatic carbocycles. The number of hydrogen-bond acceptors (Lipinski definition) is 5. The van der Waals surface area contributed by atoms with Crippen LogP contribution in [0.1, 0.15) is 19.5 Å². The maximum atomic E-state index is 13.1. The number of hydrogen-bond donors (Lipinski definition) is 0. The van der Waals surface area contributed by atoms with Crippen molar-refractivity contribution in [2.24, 2.45) is 5.92 Å². The van der Waals surface area contributed by atoms with Gasteiger partial charge in [-0.25, -0.2) is 13.4 Å². The number of alkyl halides is 3. The fourth-order valence-corrected chi connectivity index (χ4v) is 2.65. The molecule has 0 fully saturated rings. The Bertz CT molecular complexity index is 862. The first-order valence-corrected chi connectivity index (χ1v) is 9.33. The van der Waals surface area contributed by atoms with Gasteiger partial charge in [-0.05, 0) is 18.1 Å². The third-order valence-electron chi connectivity index (χ3n) is 2.98. The molecule has 0 spiro atoms. The van der Waals surface area contributed by atoms with E-state index in [-0.39, 0.29) is 29.1 Å². The van der Waals surface area contributed by atoms with Gasteiger partial charge in [0.1, 0.15) is 5.02 Å². The van der Waals surface area contributed by atoms with Crippen LogP contribution in [-0.4, -0.2) is 36.0 Å². The van der Waals surface area contributed by atoms with E-state index in [1.807, 2.05) is 13.8 Å². The minimum Gasteiger partial charge on any atom is -0.476 e. The van der Waals surface area contributed by atoms with Gasteiger partial charge in [0, 0.05) is 12.5 Å². The van der Waals surface area contributed by atoms with Crippen LogP contribution >= 0.6 is 11.6 Å². The fraction of sp³-hybridized carbons (Fsp3) is 0.429. The molecule has 0 amide bonds. The predicted molar refractivity (Wildman–Crippen MR) is 84.8 cm³/mol. The molecule has 25 heavy (non-hydrogen) atoms. The standard InChI is InChI=1S/C14H15ClF3N3O3S/c1-8(2)7-24-13-11(15)12(14(16,17)18)20-21(13)10-5-4-9(6-19-10)25(3,22)23/h4-6,8H,7H2,1-3H3. The molecule has 6 nitrogen and oxygen atoms in total. The van der Waals surface area contributed by atoms with Crippen LogP contribution in [0.4, 0.5) is 13.2 Å². The molecule has 11 heteroatoms. The molecule has 0 atom stereocenters. The predicted octanol–water partition coefficient (Wildman–Crippen LogP) is 3.38. The smallest absolute Gasteiger partial charge is 0.436 e. The average molecular weight is 398 g/mol. The van der Waals surface area contributed by atoms with E-state index in [0.29, 0.717) is 0 Å². The number of pyridine rings is 1. The van der Waals surface area contributed by atoms with Gasteiger partial charge in [-0.3, -0.25) is 0 Å². The molecule has 0 N–H and O–H groups in total. The summed E-state index contributed by atoms with van der Waals surface area (Å²) in [5.74, 6) is -0.319. The minimum atomic E-state index is -4.77. The van der Waals surface area contributed by atoms with Crippen LogP contribution in [-0.2, 0) is 16.0 Å². The topological polar surface area (TPSA) is 74.1 Å². The Morgan fingerprint density at radius 3 is 2.40 bits per heavy atom. The third-order valence-corrected chi connectivity index (χ3v) is 4.41. The molecule has 0 aliphatic carbocycles. The molecule has 0 saturated carbocycles. The summed E-state index contributed by atoms with van der Waals surface area (Å²) in [6.45, 7) is 3.75. The van der Waals surface area contributed by atoms with Gasteiger partial charge in [-0.2, -0.15) is 23.0 Å². The normalized spacial score (nSPS) is 12.6. The number of aromatic nitrogens is 3. The summed E-state index contributed by atoms with van der Waals surface area (Å²) >= 11 is 5.80. The molecular weight excluding hydrogens is 383 g/mol. The molecule has 2 rings (SSSR count). The van der Waals surface area contributed by atoms with Crippen LogP contribution in [0, 0.1) is 5.92 Å². The Kier molecular flexibility index (Phi) is 5.33. The number of halogens is 4. The second-order valence-corrected chi connectivity index (χ2v) is 8.10. The van der Waals surface area contributed by atoms with E-state index in [0.717, 1.165) is 17.1 Å². The van der Waals surface area contributed by atoms with E-state index < -0.39 is 26.7 Å². The van der Waals surface area contributed by atoms with Crippen molar-refractivity contribution in [3.05, 3.63) is 29.0 Å². The fourth-order valence-electron chi connectivity index (χ4n) is 1.81. The lowest BCUT2D eigenvalue weighted by Gasteiger charge is -2.11. The van der Waals surface area contributed by atoms with Gasteiger partial charge in [-0.15, -0.1) is 0 Å². The van der Waals surface area contributed by atoms with Crippen molar-refractivity contribution in [1.29, 1.82) is 0 Å². The van der Waals surface area contributed by atoms with Gasteiger partial charge < -0.3 is 4.74 Å². The zero-order valence-electron chi connectivity index (χ0n) is 13.5. The molecule has 2 heterocycles. The highest BCUT2D eigenvalue weighted by atomic mass is 35.5. The molecule has 0 radical (unpaired) electrons. The van der Waals surface area contributed by atoms with Gasteiger partial charge in [0.15, 0.2) is 21.3 Å². The van der Waals surface area contributed by atoms with Crippen molar-refractivity contribution in [3.8, 4) is 11.7 Å². The summed E-state index contributed by atoms with van der Waals surface area (Å²) in [6.07, 6.45) is -2.75. The van der Waals surface area contributed by atoms with Crippen molar-refractivity contribution in [2.75, 3.05) is 12.9 Å². The lowest BCUT2D eigenvalue weighted by molar-refractivity contribution is -0.141. The summed E-state index contributed by atoms with van der Waals surface area (Å²) < 4.78 is 68.3. The van der Waals surface area contributed by atoms with E-state index in [1.54, 1.807) is 0 Å². The van der Waals surface area contributed by atoms with Crippen LogP contribution in [0.2, 0.25) is 5.02 Å². The SMILES string of the molecule is CC(C)COc1c(Cl)c(C(F)(F)F)nn1-c1ccc(S(C)(=O)=O)cn1. The van der Waals surface area contributed by atoms with E-state index in [1.165, 1.54) is 12.1 Å². The zero-order chi connectivity index (χ0) is 19.0. The third kappa shape index (κ3) is 4.43. The van der Waals surface area contributed by atoms with Crippen LogP contribution in [0.3, 0.4) is 0 Å². The van der Waals surface area contributed by atoms with Crippen molar-refractivity contribution < 1.29 is 26.3 Å². The monoisotopic (exact) mass is 397 g/mol. The molecular formula is C14H15ClF3N3O3S. The maximum absolute atomic E-state index is 13.1. The summed E-state index contributed by atoms with van der Waals surface area (Å²) in [7, 11) is -3.49. The Morgan fingerprint density at radius 2 is 1.96 bits per heavy atom. The second kappa shape index (κ2) is 6.83. The van der Waals surface area contributed by atoms with Crippen LogP contribution in [0.5, 0.6) is 5.88 Å². The van der Waals surface area contributed by atoms with Crippen molar-refractivity contribution in [1.82, 2.24) is 14.8 Å². The average Bonchev–Trinajstić information content (AvgIpc) is 2.81. The minimum absolute atomic E-state index is 0.0364. The summed E-state index contributed by atoms with van der Waals surface area (Å²) in [5.41, 5.74) is -1.30. The number of nitrogens with zero attached hydrogens (tertiary/aromatic N) is 3. The molecule has 0 aliphatic rings. The molecule has 0 aliphatic heterocycles.